The molecule has 1 N–H and O–H groups in total. The van der Waals surface area contributed by atoms with Gasteiger partial charge in [0, 0.05) is 56.5 Å². The molecule has 30 heavy (non-hydrogen) atoms. The summed E-state index contributed by atoms with van der Waals surface area (Å²) in [5, 5.41) is 11.2. The van der Waals surface area contributed by atoms with Crippen molar-refractivity contribution < 1.29 is 9.32 Å². The van der Waals surface area contributed by atoms with E-state index in [4.69, 9.17) is 4.52 Å². The van der Waals surface area contributed by atoms with E-state index in [1.54, 1.807) is 11.3 Å². The number of carbonyl (C=O) groups excluding carboxylic acids is 1. The Bertz CT molecular complexity index is 920. The van der Waals surface area contributed by atoms with E-state index in [0.717, 1.165) is 43.9 Å². The molecule has 0 saturated carbocycles. The van der Waals surface area contributed by atoms with Crippen LogP contribution in [0.15, 0.2) is 51.7 Å². The first-order valence-corrected chi connectivity index (χ1v) is 11.2. The highest BCUT2D eigenvalue weighted by molar-refractivity contribution is 7.08. The molecule has 1 aliphatic heterocycles. The fourth-order valence-electron chi connectivity index (χ4n) is 3.56. The molecule has 1 atom stereocenters. The second-order valence-corrected chi connectivity index (χ2v) is 8.44. The van der Waals surface area contributed by atoms with E-state index >= 15 is 0 Å². The summed E-state index contributed by atoms with van der Waals surface area (Å²) >= 11 is 1.59. The maximum atomic E-state index is 12.7. The molecule has 1 saturated heterocycles. The molecule has 3 heterocycles. The summed E-state index contributed by atoms with van der Waals surface area (Å²) in [6.07, 6.45) is 0.746. The van der Waals surface area contributed by atoms with E-state index in [-0.39, 0.29) is 11.9 Å². The van der Waals surface area contributed by atoms with Gasteiger partial charge in [0.25, 0.3) is 0 Å². The second kappa shape index (κ2) is 9.97. The van der Waals surface area contributed by atoms with E-state index in [1.165, 1.54) is 0 Å². The molecule has 1 aromatic carbocycles. The minimum Gasteiger partial charge on any atom is -0.348 e. The molecule has 1 fully saturated rings. The molecule has 1 aliphatic rings. The van der Waals surface area contributed by atoms with Crippen molar-refractivity contribution >= 4 is 17.2 Å². The Kier molecular flexibility index (Phi) is 6.88. The number of nitrogens with one attached hydrogen (secondary N) is 1. The average Bonchev–Trinajstić information content (AvgIpc) is 3.46. The number of likely N-dealkylation sites (N-methyl/N-ethyl adjacent to an activating group) is 1. The monoisotopic (exact) mass is 425 g/mol. The fourth-order valence-corrected chi connectivity index (χ4v) is 4.20. The number of benzene rings is 1. The van der Waals surface area contributed by atoms with Crippen LogP contribution in [0.5, 0.6) is 0 Å². The predicted molar refractivity (Wildman–Crippen MR) is 117 cm³/mol. The van der Waals surface area contributed by atoms with Crippen LogP contribution < -0.4 is 5.32 Å². The zero-order valence-corrected chi connectivity index (χ0v) is 18.0. The molecule has 1 amide bonds. The number of hydrogen-bond donors (Lipinski definition) is 1. The Balaban J connectivity index is 1.34. The van der Waals surface area contributed by atoms with Crippen LogP contribution in [0.2, 0.25) is 0 Å². The highest BCUT2D eigenvalue weighted by atomic mass is 32.1. The Morgan fingerprint density at radius 1 is 1.20 bits per heavy atom. The van der Waals surface area contributed by atoms with Gasteiger partial charge in [0.2, 0.25) is 17.6 Å². The van der Waals surface area contributed by atoms with Gasteiger partial charge in [0.1, 0.15) is 0 Å². The quantitative estimate of drug-likeness (QED) is 0.598. The zero-order valence-electron chi connectivity index (χ0n) is 17.2. The van der Waals surface area contributed by atoms with Gasteiger partial charge in [-0.05, 0) is 24.1 Å². The molecule has 7 nitrogen and oxygen atoms in total. The van der Waals surface area contributed by atoms with Crippen LogP contribution in [0, 0.1) is 0 Å². The molecule has 0 bridgehead atoms. The van der Waals surface area contributed by atoms with Gasteiger partial charge in [-0.3, -0.25) is 9.69 Å². The number of thiophene rings is 1. The van der Waals surface area contributed by atoms with Crippen LogP contribution in [0.1, 0.15) is 23.9 Å². The predicted octanol–water partition coefficient (Wildman–Crippen LogP) is 2.84. The Morgan fingerprint density at radius 3 is 2.73 bits per heavy atom. The van der Waals surface area contributed by atoms with Gasteiger partial charge in [-0.25, -0.2) is 0 Å². The Hall–Kier alpha value is -2.55. The van der Waals surface area contributed by atoms with Crippen molar-refractivity contribution in [2.45, 2.75) is 18.9 Å². The number of amides is 1. The highest BCUT2D eigenvalue weighted by Gasteiger charge is 2.21. The smallest absolute Gasteiger partial charge is 0.227 e. The maximum Gasteiger partial charge on any atom is 0.227 e. The van der Waals surface area contributed by atoms with Crippen LogP contribution in [-0.2, 0) is 11.2 Å². The van der Waals surface area contributed by atoms with Crippen molar-refractivity contribution in [2.24, 2.45) is 0 Å². The van der Waals surface area contributed by atoms with Crippen LogP contribution >= 0.6 is 11.3 Å². The van der Waals surface area contributed by atoms with Gasteiger partial charge in [-0.15, -0.1) is 0 Å². The molecule has 4 rings (SSSR count). The topological polar surface area (TPSA) is 74.5 Å². The lowest BCUT2D eigenvalue weighted by molar-refractivity contribution is -0.122. The van der Waals surface area contributed by atoms with Crippen molar-refractivity contribution in [3.05, 3.63) is 58.6 Å². The number of rotatable bonds is 8. The van der Waals surface area contributed by atoms with Gasteiger partial charge < -0.3 is 14.7 Å². The number of carbonyl (C=O) groups is 1. The molecular formula is C22H27N5O2S. The van der Waals surface area contributed by atoms with Crippen molar-refractivity contribution in [3.8, 4) is 11.4 Å². The van der Waals surface area contributed by atoms with Gasteiger partial charge in [0.05, 0.1) is 6.04 Å². The van der Waals surface area contributed by atoms with Crippen LogP contribution in [0.3, 0.4) is 0 Å². The molecule has 1 unspecified atom stereocenters. The molecule has 0 radical (unpaired) electrons. The number of piperazine rings is 1. The molecule has 2 aromatic heterocycles. The summed E-state index contributed by atoms with van der Waals surface area (Å²) in [5.41, 5.74) is 2.07. The first kappa shape index (κ1) is 20.7. The van der Waals surface area contributed by atoms with E-state index in [1.807, 2.05) is 35.0 Å². The third-order valence-electron chi connectivity index (χ3n) is 5.39. The maximum absolute atomic E-state index is 12.7. The third kappa shape index (κ3) is 5.53. The van der Waals surface area contributed by atoms with E-state index in [2.05, 4.69) is 44.4 Å². The van der Waals surface area contributed by atoms with Crippen LogP contribution in [0.4, 0.5) is 0 Å². The largest absolute Gasteiger partial charge is 0.348 e. The lowest BCUT2D eigenvalue weighted by Gasteiger charge is -2.35. The van der Waals surface area contributed by atoms with Gasteiger partial charge in [0.15, 0.2) is 0 Å². The normalized spacial score (nSPS) is 16.4. The summed E-state index contributed by atoms with van der Waals surface area (Å²) in [5.74, 6) is 1.05. The molecule has 158 valence electrons. The van der Waals surface area contributed by atoms with Crippen LogP contribution in [0.25, 0.3) is 11.4 Å². The summed E-state index contributed by atoms with van der Waals surface area (Å²) in [7, 11) is 2.15. The molecule has 0 spiro atoms. The van der Waals surface area contributed by atoms with Gasteiger partial charge in [-0.1, -0.05) is 35.5 Å². The highest BCUT2D eigenvalue weighted by Crippen LogP contribution is 2.19. The van der Waals surface area contributed by atoms with Crippen molar-refractivity contribution in [3.63, 3.8) is 0 Å². The van der Waals surface area contributed by atoms with Crippen molar-refractivity contribution in [1.82, 2.24) is 25.3 Å². The zero-order chi connectivity index (χ0) is 20.8. The molecular weight excluding hydrogens is 398 g/mol. The summed E-state index contributed by atoms with van der Waals surface area (Å²) in [6.45, 7) is 4.96. The van der Waals surface area contributed by atoms with E-state index < -0.39 is 0 Å². The number of hydrogen-bond acceptors (Lipinski definition) is 7. The summed E-state index contributed by atoms with van der Waals surface area (Å²) in [6, 6.07) is 12.1. The lowest BCUT2D eigenvalue weighted by Crippen LogP contribution is -2.47. The molecule has 3 aromatic rings. The van der Waals surface area contributed by atoms with E-state index in [9.17, 15) is 4.79 Å². The minimum absolute atomic E-state index is 0.00624. The minimum atomic E-state index is -0.0360. The number of aromatic nitrogens is 2. The summed E-state index contributed by atoms with van der Waals surface area (Å²) < 4.78 is 5.31. The van der Waals surface area contributed by atoms with Gasteiger partial charge >= 0.3 is 0 Å². The summed E-state index contributed by atoms with van der Waals surface area (Å²) in [4.78, 5) is 21.9. The molecule has 0 aliphatic carbocycles. The first-order valence-electron chi connectivity index (χ1n) is 10.3. The fraction of sp³-hybridized carbons (Fsp3) is 0.409. The van der Waals surface area contributed by atoms with E-state index in [0.29, 0.717) is 24.6 Å². The average molecular weight is 426 g/mol. The molecule has 8 heteroatoms. The SMILES string of the molecule is CN1CCN(CC(NC(=O)CCc2nc(-c3ccsc3)no2)c2ccccc2)CC1. The Morgan fingerprint density at radius 2 is 2.00 bits per heavy atom. The van der Waals surface area contributed by atoms with Crippen molar-refractivity contribution in [2.75, 3.05) is 39.8 Å². The second-order valence-electron chi connectivity index (χ2n) is 7.66. The third-order valence-corrected chi connectivity index (χ3v) is 6.07. The van der Waals surface area contributed by atoms with Gasteiger partial charge in [-0.2, -0.15) is 16.3 Å². The van der Waals surface area contributed by atoms with Crippen LogP contribution in [-0.4, -0.2) is 65.6 Å². The van der Waals surface area contributed by atoms with Crippen molar-refractivity contribution in [1.29, 1.82) is 0 Å². The lowest BCUT2D eigenvalue weighted by atomic mass is 10.1. The first-order chi connectivity index (χ1) is 14.7. The number of nitrogens with zero attached hydrogens (tertiary/aromatic N) is 4. The Labute approximate surface area is 180 Å². The standard InChI is InChI=1S/C22H27N5O2S/c1-26-10-12-27(13-11-26)15-19(17-5-3-2-4-6-17)23-20(28)7-8-21-24-22(25-29-21)18-9-14-30-16-18/h2-6,9,14,16,19H,7-8,10-13,15H2,1H3,(H,23,28). The number of aryl methyl sites for hydroxylation is 1.